The Hall–Kier alpha value is -1.04. The third-order valence-corrected chi connectivity index (χ3v) is 3.62. The first-order valence-corrected chi connectivity index (χ1v) is 6.95. The summed E-state index contributed by atoms with van der Waals surface area (Å²) in [5.74, 6) is 0.650. The van der Waals surface area contributed by atoms with Gasteiger partial charge in [0.1, 0.15) is 0 Å². The molecule has 1 aromatic carbocycles. The number of thioether (sulfide) groups is 1. The van der Waals surface area contributed by atoms with Crippen LogP contribution in [0.25, 0.3) is 11.0 Å². The molecule has 2 rings (SSSR count). The van der Waals surface area contributed by atoms with Gasteiger partial charge in [-0.3, -0.25) is 0 Å². The normalized spacial score (nSPS) is 13.4. The van der Waals surface area contributed by atoms with E-state index >= 15 is 0 Å². The van der Waals surface area contributed by atoms with Crippen molar-refractivity contribution in [1.29, 1.82) is 0 Å². The van der Waals surface area contributed by atoms with Gasteiger partial charge in [-0.05, 0) is 38.7 Å². The van der Waals surface area contributed by atoms with Crippen LogP contribution in [0.5, 0.6) is 0 Å². The fourth-order valence-electron chi connectivity index (χ4n) is 1.82. The fourth-order valence-corrected chi connectivity index (χ4v) is 2.62. The number of aromatic amines is 1. The standard InChI is InChI=1S/C13H19N3OS/c1-9-4-5-11-12(6-9)15-13(14-11)18-8-10(17)7-16(2)3/h4-6,10,17H,7-8H2,1-3H3,(H,14,15). The van der Waals surface area contributed by atoms with Crippen LogP contribution in [0.15, 0.2) is 23.4 Å². The number of rotatable bonds is 5. The lowest BCUT2D eigenvalue weighted by molar-refractivity contribution is 0.158. The van der Waals surface area contributed by atoms with Crippen LogP contribution in [-0.2, 0) is 0 Å². The predicted octanol–water partition coefficient (Wildman–Crippen LogP) is 1.89. The Kier molecular flexibility index (Phi) is 4.27. The van der Waals surface area contributed by atoms with E-state index in [2.05, 4.69) is 29.0 Å². The number of aryl methyl sites for hydroxylation is 1. The van der Waals surface area contributed by atoms with Gasteiger partial charge in [-0.1, -0.05) is 17.8 Å². The van der Waals surface area contributed by atoms with Crippen molar-refractivity contribution in [3.05, 3.63) is 23.8 Å². The van der Waals surface area contributed by atoms with E-state index in [-0.39, 0.29) is 6.10 Å². The number of nitrogens with one attached hydrogen (secondary N) is 1. The van der Waals surface area contributed by atoms with Gasteiger partial charge in [0.2, 0.25) is 0 Å². The van der Waals surface area contributed by atoms with Crippen LogP contribution in [0, 0.1) is 6.92 Å². The monoisotopic (exact) mass is 265 g/mol. The van der Waals surface area contributed by atoms with Gasteiger partial charge in [0.15, 0.2) is 5.16 Å². The molecule has 0 aliphatic heterocycles. The summed E-state index contributed by atoms with van der Waals surface area (Å²) >= 11 is 1.56. The van der Waals surface area contributed by atoms with Crippen LogP contribution in [0.2, 0.25) is 0 Å². The highest BCUT2D eigenvalue weighted by atomic mass is 32.2. The van der Waals surface area contributed by atoms with Crippen molar-refractivity contribution in [3.63, 3.8) is 0 Å². The average Bonchev–Trinajstić information content (AvgIpc) is 2.67. The van der Waals surface area contributed by atoms with Gasteiger partial charge in [0, 0.05) is 12.3 Å². The molecule has 0 radical (unpaired) electrons. The summed E-state index contributed by atoms with van der Waals surface area (Å²) in [6, 6.07) is 6.16. The molecule has 0 bridgehead atoms. The van der Waals surface area contributed by atoms with Crippen LogP contribution in [0.1, 0.15) is 5.56 Å². The molecular formula is C13H19N3OS. The van der Waals surface area contributed by atoms with E-state index in [1.807, 2.05) is 25.1 Å². The van der Waals surface area contributed by atoms with E-state index in [1.165, 1.54) is 5.56 Å². The number of benzene rings is 1. The number of H-pyrrole nitrogens is 1. The van der Waals surface area contributed by atoms with Crippen molar-refractivity contribution in [3.8, 4) is 0 Å². The van der Waals surface area contributed by atoms with Crippen molar-refractivity contribution < 1.29 is 5.11 Å². The van der Waals surface area contributed by atoms with Gasteiger partial charge in [-0.25, -0.2) is 4.98 Å². The number of fused-ring (bicyclic) bond motifs is 1. The quantitative estimate of drug-likeness (QED) is 0.811. The lowest BCUT2D eigenvalue weighted by Gasteiger charge is -2.14. The minimum Gasteiger partial charge on any atom is -0.391 e. The smallest absolute Gasteiger partial charge is 0.166 e. The zero-order valence-corrected chi connectivity index (χ0v) is 11.8. The molecule has 0 amide bonds. The molecule has 1 heterocycles. The van der Waals surface area contributed by atoms with Crippen LogP contribution in [0.3, 0.4) is 0 Å². The second kappa shape index (κ2) is 5.73. The zero-order valence-electron chi connectivity index (χ0n) is 11.0. The number of aliphatic hydroxyl groups is 1. The number of nitrogens with zero attached hydrogens (tertiary/aromatic N) is 2. The molecule has 0 spiro atoms. The molecular weight excluding hydrogens is 246 g/mol. The number of aromatic nitrogens is 2. The van der Waals surface area contributed by atoms with Crippen molar-refractivity contribution in [2.45, 2.75) is 18.2 Å². The molecule has 0 saturated heterocycles. The molecule has 2 N–H and O–H groups in total. The number of imidazole rings is 1. The highest BCUT2D eigenvalue weighted by molar-refractivity contribution is 7.99. The molecule has 98 valence electrons. The minimum atomic E-state index is -0.333. The molecule has 0 saturated carbocycles. The predicted molar refractivity (Wildman–Crippen MR) is 76.1 cm³/mol. The van der Waals surface area contributed by atoms with Crippen LogP contribution in [0.4, 0.5) is 0 Å². The Bertz CT molecular complexity index is 524. The zero-order chi connectivity index (χ0) is 13.1. The van der Waals surface area contributed by atoms with Gasteiger partial charge in [-0.15, -0.1) is 0 Å². The van der Waals surface area contributed by atoms with Crippen molar-refractivity contribution in [2.75, 3.05) is 26.4 Å². The molecule has 2 aromatic rings. The molecule has 0 fully saturated rings. The average molecular weight is 265 g/mol. The number of aliphatic hydroxyl groups excluding tert-OH is 1. The molecule has 1 atom stereocenters. The fraction of sp³-hybridized carbons (Fsp3) is 0.462. The summed E-state index contributed by atoms with van der Waals surface area (Å²) < 4.78 is 0. The first kappa shape index (κ1) is 13.4. The maximum Gasteiger partial charge on any atom is 0.166 e. The second-order valence-corrected chi connectivity index (χ2v) is 5.80. The summed E-state index contributed by atoms with van der Waals surface area (Å²) in [6.07, 6.45) is -0.333. The first-order chi connectivity index (χ1) is 8.54. The lowest BCUT2D eigenvalue weighted by Crippen LogP contribution is -2.27. The van der Waals surface area contributed by atoms with Gasteiger partial charge >= 0.3 is 0 Å². The molecule has 1 unspecified atom stereocenters. The number of hydrogen-bond donors (Lipinski definition) is 2. The number of likely N-dealkylation sites (N-methyl/N-ethyl adjacent to an activating group) is 1. The molecule has 1 aromatic heterocycles. The van der Waals surface area contributed by atoms with E-state index in [4.69, 9.17) is 0 Å². The van der Waals surface area contributed by atoms with E-state index in [1.54, 1.807) is 11.8 Å². The molecule has 4 nitrogen and oxygen atoms in total. The van der Waals surface area contributed by atoms with Crippen LogP contribution >= 0.6 is 11.8 Å². The maximum atomic E-state index is 9.80. The summed E-state index contributed by atoms with van der Waals surface area (Å²) in [5.41, 5.74) is 3.25. The van der Waals surface area contributed by atoms with Crippen LogP contribution in [-0.4, -0.2) is 52.5 Å². The van der Waals surface area contributed by atoms with E-state index < -0.39 is 0 Å². The van der Waals surface area contributed by atoms with Gasteiger partial charge < -0.3 is 15.0 Å². The highest BCUT2D eigenvalue weighted by Crippen LogP contribution is 2.20. The summed E-state index contributed by atoms with van der Waals surface area (Å²) in [6.45, 7) is 2.74. The van der Waals surface area contributed by atoms with Crippen molar-refractivity contribution >= 4 is 22.8 Å². The van der Waals surface area contributed by atoms with Crippen molar-refractivity contribution in [1.82, 2.24) is 14.9 Å². The Balaban J connectivity index is 1.99. The number of hydrogen-bond acceptors (Lipinski definition) is 4. The summed E-state index contributed by atoms with van der Waals surface area (Å²) in [4.78, 5) is 9.74. The molecule has 5 heteroatoms. The highest BCUT2D eigenvalue weighted by Gasteiger charge is 2.09. The second-order valence-electron chi connectivity index (χ2n) is 4.79. The third kappa shape index (κ3) is 3.48. The summed E-state index contributed by atoms with van der Waals surface area (Å²) in [7, 11) is 3.91. The van der Waals surface area contributed by atoms with Gasteiger partial charge in [0.25, 0.3) is 0 Å². The van der Waals surface area contributed by atoms with Gasteiger partial charge in [-0.2, -0.15) is 0 Å². The topological polar surface area (TPSA) is 52.2 Å². The van der Waals surface area contributed by atoms with Gasteiger partial charge in [0.05, 0.1) is 17.1 Å². The first-order valence-electron chi connectivity index (χ1n) is 5.96. The molecule has 0 aliphatic carbocycles. The minimum absolute atomic E-state index is 0.333. The van der Waals surface area contributed by atoms with E-state index in [9.17, 15) is 5.11 Å². The van der Waals surface area contributed by atoms with Crippen molar-refractivity contribution in [2.24, 2.45) is 0 Å². The van der Waals surface area contributed by atoms with E-state index in [0.29, 0.717) is 12.3 Å². The SMILES string of the molecule is Cc1ccc2nc(SCC(O)CN(C)C)[nH]c2c1. The summed E-state index contributed by atoms with van der Waals surface area (Å²) in [5, 5.41) is 10.7. The Morgan fingerprint density at radius 1 is 1.44 bits per heavy atom. The Morgan fingerprint density at radius 2 is 2.22 bits per heavy atom. The molecule has 18 heavy (non-hydrogen) atoms. The van der Waals surface area contributed by atoms with E-state index in [0.717, 1.165) is 16.2 Å². The molecule has 0 aliphatic rings. The Labute approximate surface area is 111 Å². The maximum absolute atomic E-state index is 9.80. The lowest BCUT2D eigenvalue weighted by atomic mass is 10.2. The Morgan fingerprint density at radius 3 is 2.94 bits per heavy atom. The largest absolute Gasteiger partial charge is 0.391 e. The third-order valence-electron chi connectivity index (χ3n) is 2.60. The van der Waals surface area contributed by atoms with Crippen LogP contribution < -0.4 is 0 Å².